The van der Waals surface area contributed by atoms with Crippen LogP contribution in [0.3, 0.4) is 0 Å². The minimum absolute atomic E-state index is 1.02. The Bertz CT molecular complexity index is 106. The van der Waals surface area contributed by atoms with Crippen molar-refractivity contribution in [3.63, 3.8) is 0 Å². The Labute approximate surface area is 44.8 Å². The standard InChI is InChI=1S/C4H6O2S/c1-2-3-4-7(5)6/h2-4H,1H2,(H,5,6)/p-1. The zero-order valence-corrected chi connectivity index (χ0v) is 4.48. The van der Waals surface area contributed by atoms with Crippen LogP contribution in [0.4, 0.5) is 0 Å². The molecule has 0 aliphatic heterocycles. The Morgan fingerprint density at radius 2 is 2.29 bits per heavy atom. The molecule has 0 aliphatic rings. The van der Waals surface area contributed by atoms with Gasteiger partial charge >= 0.3 is 0 Å². The second-order valence-corrected chi connectivity index (χ2v) is 1.62. The van der Waals surface area contributed by atoms with Gasteiger partial charge in [-0.05, 0) is 16.5 Å². The summed E-state index contributed by atoms with van der Waals surface area (Å²) in [5, 5.41) is 1.02. The van der Waals surface area contributed by atoms with Gasteiger partial charge in [-0.1, -0.05) is 18.7 Å². The third kappa shape index (κ3) is 5.59. The molecule has 0 aromatic rings. The predicted molar refractivity (Wildman–Crippen MR) is 28.3 cm³/mol. The van der Waals surface area contributed by atoms with Crippen LogP contribution >= 0.6 is 0 Å². The first kappa shape index (κ1) is 6.59. The lowest BCUT2D eigenvalue weighted by atomic mass is 10.6. The molecule has 0 heterocycles. The monoisotopic (exact) mass is 117 g/mol. The lowest BCUT2D eigenvalue weighted by molar-refractivity contribution is 0.546. The van der Waals surface area contributed by atoms with Gasteiger partial charge in [-0.25, -0.2) is 0 Å². The van der Waals surface area contributed by atoms with Crippen LogP contribution in [-0.2, 0) is 11.1 Å². The molecule has 0 saturated heterocycles. The van der Waals surface area contributed by atoms with E-state index >= 15 is 0 Å². The summed E-state index contributed by atoms with van der Waals surface area (Å²) in [6, 6.07) is 0. The predicted octanol–water partition coefficient (Wildman–Crippen LogP) is 0.565. The Morgan fingerprint density at radius 3 is 2.43 bits per heavy atom. The van der Waals surface area contributed by atoms with Crippen molar-refractivity contribution >= 4 is 11.1 Å². The fraction of sp³-hybridized carbons (Fsp3) is 0. The van der Waals surface area contributed by atoms with E-state index in [2.05, 4.69) is 6.58 Å². The van der Waals surface area contributed by atoms with Crippen LogP contribution in [0.15, 0.2) is 24.1 Å². The maximum atomic E-state index is 9.62. The minimum Gasteiger partial charge on any atom is -0.769 e. The van der Waals surface area contributed by atoms with E-state index < -0.39 is 11.1 Å². The van der Waals surface area contributed by atoms with Crippen molar-refractivity contribution in [1.82, 2.24) is 0 Å². The average molecular weight is 117 g/mol. The van der Waals surface area contributed by atoms with Gasteiger partial charge in [0.15, 0.2) is 0 Å². The molecule has 40 valence electrons. The molecule has 0 aromatic carbocycles. The molecule has 7 heavy (non-hydrogen) atoms. The molecule has 1 unspecified atom stereocenters. The summed E-state index contributed by atoms with van der Waals surface area (Å²) in [4.78, 5) is 0. The van der Waals surface area contributed by atoms with Crippen LogP contribution in [-0.4, -0.2) is 8.76 Å². The smallest absolute Gasteiger partial charge is 0.0115 e. The van der Waals surface area contributed by atoms with Crippen molar-refractivity contribution < 1.29 is 8.76 Å². The van der Waals surface area contributed by atoms with E-state index in [1.54, 1.807) is 0 Å². The highest BCUT2D eigenvalue weighted by Gasteiger charge is 1.60. The van der Waals surface area contributed by atoms with Gasteiger partial charge in [-0.2, -0.15) is 0 Å². The number of hydrogen-bond acceptors (Lipinski definition) is 2. The summed E-state index contributed by atoms with van der Waals surface area (Å²) in [6.07, 6.45) is 2.75. The lowest BCUT2D eigenvalue weighted by Crippen LogP contribution is -1.74. The molecular formula is C4H5O2S-. The number of hydrogen-bond donors (Lipinski definition) is 0. The van der Waals surface area contributed by atoms with E-state index in [4.69, 9.17) is 0 Å². The summed E-state index contributed by atoms with van der Waals surface area (Å²) in [6.45, 7) is 3.27. The molecule has 0 aliphatic carbocycles. The average Bonchev–Trinajstić information content (AvgIpc) is 1.61. The van der Waals surface area contributed by atoms with Crippen LogP contribution in [0.1, 0.15) is 0 Å². The van der Waals surface area contributed by atoms with Gasteiger partial charge in [0.25, 0.3) is 0 Å². The van der Waals surface area contributed by atoms with Gasteiger partial charge in [0.1, 0.15) is 0 Å². The van der Waals surface area contributed by atoms with Gasteiger partial charge in [-0.3, -0.25) is 4.21 Å². The van der Waals surface area contributed by atoms with Crippen LogP contribution in [0.25, 0.3) is 0 Å². The SMILES string of the molecule is C=CC=CS(=O)[O-]. The van der Waals surface area contributed by atoms with Gasteiger partial charge in [0.2, 0.25) is 0 Å². The summed E-state index contributed by atoms with van der Waals surface area (Å²) < 4.78 is 19.2. The number of rotatable bonds is 2. The van der Waals surface area contributed by atoms with E-state index in [0.717, 1.165) is 5.41 Å². The second-order valence-electron chi connectivity index (χ2n) is 0.825. The first-order valence-electron chi connectivity index (χ1n) is 1.64. The molecule has 3 heteroatoms. The van der Waals surface area contributed by atoms with Crippen LogP contribution < -0.4 is 0 Å². The molecule has 0 aromatic heterocycles. The van der Waals surface area contributed by atoms with E-state index in [-0.39, 0.29) is 0 Å². The van der Waals surface area contributed by atoms with E-state index in [1.165, 1.54) is 12.2 Å². The van der Waals surface area contributed by atoms with Crippen LogP contribution in [0.5, 0.6) is 0 Å². The second kappa shape index (κ2) is 3.77. The van der Waals surface area contributed by atoms with Crippen molar-refractivity contribution in [3.05, 3.63) is 24.1 Å². The van der Waals surface area contributed by atoms with E-state index in [9.17, 15) is 8.76 Å². The fourth-order valence-corrected chi connectivity index (χ4v) is 0.359. The molecule has 0 rings (SSSR count). The first-order chi connectivity index (χ1) is 3.27. The van der Waals surface area contributed by atoms with Crippen molar-refractivity contribution in [2.45, 2.75) is 0 Å². The number of allylic oxidation sites excluding steroid dienone is 2. The Balaban J connectivity index is 3.46. The maximum absolute atomic E-state index is 9.62. The Morgan fingerprint density at radius 1 is 1.71 bits per heavy atom. The van der Waals surface area contributed by atoms with Gasteiger partial charge < -0.3 is 4.55 Å². The zero-order valence-electron chi connectivity index (χ0n) is 3.66. The zero-order chi connectivity index (χ0) is 5.70. The molecule has 1 atom stereocenters. The first-order valence-corrected chi connectivity index (χ1v) is 2.78. The highest BCUT2D eigenvalue weighted by molar-refractivity contribution is 7.82. The highest BCUT2D eigenvalue weighted by atomic mass is 32.2. The van der Waals surface area contributed by atoms with E-state index in [0.29, 0.717) is 0 Å². The van der Waals surface area contributed by atoms with Gasteiger partial charge in [-0.15, -0.1) is 0 Å². The maximum Gasteiger partial charge on any atom is -0.0115 e. The molecule has 0 bridgehead atoms. The lowest BCUT2D eigenvalue weighted by Gasteiger charge is -1.90. The topological polar surface area (TPSA) is 40.1 Å². The van der Waals surface area contributed by atoms with Gasteiger partial charge in [0.05, 0.1) is 0 Å². The van der Waals surface area contributed by atoms with Crippen LogP contribution in [0.2, 0.25) is 0 Å². The summed E-state index contributed by atoms with van der Waals surface area (Å²) in [5.74, 6) is 0. The fourth-order valence-electron chi connectivity index (χ4n) is 0.120. The molecule has 0 amide bonds. The minimum atomic E-state index is -2.07. The largest absolute Gasteiger partial charge is 0.769 e. The normalized spacial score (nSPS) is 14.4. The van der Waals surface area contributed by atoms with E-state index in [1.807, 2.05) is 0 Å². The molecule has 2 nitrogen and oxygen atoms in total. The molecule has 0 saturated carbocycles. The summed E-state index contributed by atoms with van der Waals surface area (Å²) in [5.41, 5.74) is 0. The summed E-state index contributed by atoms with van der Waals surface area (Å²) in [7, 11) is 0. The van der Waals surface area contributed by atoms with Gasteiger partial charge in [0, 0.05) is 0 Å². The molecular weight excluding hydrogens is 112 g/mol. The highest BCUT2D eigenvalue weighted by Crippen LogP contribution is 1.75. The third-order valence-corrected chi connectivity index (χ3v) is 0.705. The van der Waals surface area contributed by atoms with Crippen molar-refractivity contribution in [1.29, 1.82) is 0 Å². The third-order valence-electron chi connectivity index (χ3n) is 0.326. The van der Waals surface area contributed by atoms with Crippen LogP contribution in [0, 0.1) is 0 Å². The van der Waals surface area contributed by atoms with Crippen molar-refractivity contribution in [2.24, 2.45) is 0 Å². The van der Waals surface area contributed by atoms with Crippen molar-refractivity contribution in [2.75, 3.05) is 0 Å². The summed E-state index contributed by atoms with van der Waals surface area (Å²) >= 11 is -2.07. The van der Waals surface area contributed by atoms with Crippen molar-refractivity contribution in [3.8, 4) is 0 Å². The molecule has 0 N–H and O–H groups in total. The Hall–Kier alpha value is -0.410. The quantitative estimate of drug-likeness (QED) is 0.391. The molecule has 0 fully saturated rings. The molecule has 0 spiro atoms. The molecule has 0 radical (unpaired) electrons. The Kier molecular flexibility index (Phi) is 3.55.